The fraction of sp³-hybridized carbons (Fsp3) is 0.533. The molecule has 0 spiro atoms. The largest absolute Gasteiger partial charge is 0.497 e. The number of aromatic nitrogens is 2. The van der Waals surface area contributed by atoms with E-state index in [1.165, 1.54) is 0 Å². The number of hydrogen-bond donors (Lipinski definition) is 1. The normalized spacial score (nSPS) is 22.6. The predicted octanol–water partition coefficient (Wildman–Crippen LogP) is 2.03. The van der Waals surface area contributed by atoms with Crippen LogP contribution < -0.4 is 10.5 Å². The highest BCUT2D eigenvalue weighted by molar-refractivity contribution is 5.78. The van der Waals surface area contributed by atoms with Gasteiger partial charge in [0.25, 0.3) is 0 Å². The van der Waals surface area contributed by atoms with E-state index < -0.39 is 5.54 Å². The molecule has 1 atom stereocenters. The Hall–Kier alpha value is -1.59. The van der Waals surface area contributed by atoms with E-state index in [9.17, 15) is 0 Å². The maximum atomic E-state index is 6.51. The monoisotopic (exact) mass is 275 g/mol. The van der Waals surface area contributed by atoms with Gasteiger partial charge in [-0.15, -0.1) is 0 Å². The molecule has 1 aromatic heterocycles. The van der Waals surface area contributed by atoms with Crippen LogP contribution in [0.4, 0.5) is 0 Å². The lowest BCUT2D eigenvalue weighted by molar-refractivity contribution is 0.175. The molecule has 3 rings (SSSR count). The Morgan fingerprint density at radius 1 is 1.50 bits per heavy atom. The van der Waals surface area contributed by atoms with Crippen molar-refractivity contribution in [2.45, 2.75) is 31.8 Å². The Bertz CT molecular complexity index is 615. The minimum Gasteiger partial charge on any atom is -0.497 e. The van der Waals surface area contributed by atoms with Gasteiger partial charge in [0.15, 0.2) is 0 Å². The van der Waals surface area contributed by atoms with Crippen LogP contribution in [-0.4, -0.2) is 29.9 Å². The van der Waals surface area contributed by atoms with E-state index in [4.69, 9.17) is 20.2 Å². The molecule has 20 heavy (non-hydrogen) atoms. The lowest BCUT2D eigenvalue weighted by Crippen LogP contribution is -2.40. The van der Waals surface area contributed by atoms with E-state index in [2.05, 4.69) is 17.6 Å². The first kappa shape index (κ1) is 13.4. The number of imidazole rings is 1. The highest BCUT2D eigenvalue weighted by atomic mass is 16.5. The van der Waals surface area contributed by atoms with Gasteiger partial charge in [-0.2, -0.15) is 0 Å². The molecule has 0 saturated carbocycles. The van der Waals surface area contributed by atoms with Gasteiger partial charge in [-0.25, -0.2) is 4.98 Å². The van der Waals surface area contributed by atoms with E-state index in [0.29, 0.717) is 13.2 Å². The van der Waals surface area contributed by atoms with Crippen molar-refractivity contribution in [2.24, 2.45) is 5.73 Å². The molecule has 1 fully saturated rings. The quantitative estimate of drug-likeness (QED) is 0.927. The molecule has 1 saturated heterocycles. The minimum absolute atomic E-state index is 0.471. The van der Waals surface area contributed by atoms with Crippen LogP contribution >= 0.6 is 0 Å². The summed E-state index contributed by atoms with van der Waals surface area (Å²) in [7, 11) is 1.67. The number of fused-ring (bicyclic) bond motifs is 1. The summed E-state index contributed by atoms with van der Waals surface area (Å²) in [5, 5.41) is 0. The van der Waals surface area contributed by atoms with Crippen molar-refractivity contribution in [3.8, 4) is 5.75 Å². The third-order valence-corrected chi connectivity index (χ3v) is 3.90. The van der Waals surface area contributed by atoms with Crippen LogP contribution in [-0.2, 0) is 16.8 Å². The average molecular weight is 275 g/mol. The first-order valence-corrected chi connectivity index (χ1v) is 7.09. The van der Waals surface area contributed by atoms with Crippen LogP contribution in [0.2, 0.25) is 0 Å². The summed E-state index contributed by atoms with van der Waals surface area (Å²) in [6, 6.07) is 5.98. The topological polar surface area (TPSA) is 62.3 Å². The number of methoxy groups -OCH3 is 1. The molecule has 108 valence electrons. The molecule has 0 bridgehead atoms. The summed E-state index contributed by atoms with van der Waals surface area (Å²) in [6.07, 6.45) is 1.86. The van der Waals surface area contributed by atoms with Gasteiger partial charge in [0.2, 0.25) is 0 Å². The highest BCUT2D eigenvalue weighted by Gasteiger charge is 2.37. The van der Waals surface area contributed by atoms with Crippen LogP contribution in [0.1, 0.15) is 25.6 Å². The summed E-state index contributed by atoms with van der Waals surface area (Å²) in [5.74, 6) is 1.75. The van der Waals surface area contributed by atoms with Crippen LogP contribution in [0.25, 0.3) is 11.0 Å². The smallest absolute Gasteiger partial charge is 0.132 e. The SMILES string of the molecule is CCCn1c(C2(N)CCOC2)nc2cc(OC)ccc21. The summed E-state index contributed by atoms with van der Waals surface area (Å²) >= 11 is 0. The first-order valence-electron chi connectivity index (χ1n) is 7.09. The van der Waals surface area contributed by atoms with Gasteiger partial charge >= 0.3 is 0 Å². The minimum atomic E-state index is -0.471. The number of nitrogens with zero attached hydrogens (tertiary/aromatic N) is 2. The fourth-order valence-electron chi connectivity index (χ4n) is 2.82. The second-order valence-electron chi connectivity index (χ2n) is 5.40. The van der Waals surface area contributed by atoms with Crippen molar-refractivity contribution in [3.63, 3.8) is 0 Å². The van der Waals surface area contributed by atoms with E-state index in [1.54, 1.807) is 7.11 Å². The molecule has 1 aliphatic rings. The van der Waals surface area contributed by atoms with Gasteiger partial charge in [-0.05, 0) is 25.0 Å². The fourth-order valence-corrected chi connectivity index (χ4v) is 2.82. The molecule has 0 radical (unpaired) electrons. The van der Waals surface area contributed by atoms with Crippen LogP contribution in [0.5, 0.6) is 5.75 Å². The number of aryl methyl sites for hydroxylation is 1. The van der Waals surface area contributed by atoms with Gasteiger partial charge in [-0.1, -0.05) is 6.92 Å². The molecule has 1 aliphatic heterocycles. The highest BCUT2D eigenvalue weighted by Crippen LogP contribution is 2.31. The Balaban J connectivity index is 2.16. The van der Waals surface area contributed by atoms with Crippen molar-refractivity contribution in [1.82, 2.24) is 9.55 Å². The molecule has 2 N–H and O–H groups in total. The lowest BCUT2D eigenvalue weighted by Gasteiger charge is -2.22. The van der Waals surface area contributed by atoms with Crippen molar-refractivity contribution < 1.29 is 9.47 Å². The Kier molecular flexibility index (Phi) is 3.40. The molecule has 1 aromatic carbocycles. The third kappa shape index (κ3) is 2.07. The molecule has 0 amide bonds. The average Bonchev–Trinajstić information content (AvgIpc) is 3.04. The van der Waals surface area contributed by atoms with E-state index in [-0.39, 0.29) is 0 Å². The second-order valence-corrected chi connectivity index (χ2v) is 5.40. The van der Waals surface area contributed by atoms with Gasteiger partial charge in [0.1, 0.15) is 17.1 Å². The Labute approximate surface area is 118 Å². The maximum absolute atomic E-state index is 6.51. The first-order chi connectivity index (χ1) is 9.68. The van der Waals surface area contributed by atoms with E-state index in [0.717, 1.165) is 42.0 Å². The van der Waals surface area contributed by atoms with Gasteiger partial charge in [0, 0.05) is 19.2 Å². The number of hydrogen-bond acceptors (Lipinski definition) is 4. The van der Waals surface area contributed by atoms with Crippen LogP contribution in [0.15, 0.2) is 18.2 Å². The zero-order valence-corrected chi connectivity index (χ0v) is 12.1. The van der Waals surface area contributed by atoms with E-state index >= 15 is 0 Å². The molecule has 1 unspecified atom stereocenters. The molecular formula is C15H21N3O2. The van der Waals surface area contributed by atoms with Crippen molar-refractivity contribution >= 4 is 11.0 Å². The molecule has 2 heterocycles. The molecule has 5 heteroatoms. The van der Waals surface area contributed by atoms with E-state index in [1.807, 2.05) is 12.1 Å². The third-order valence-electron chi connectivity index (χ3n) is 3.90. The van der Waals surface area contributed by atoms with Gasteiger partial charge in [-0.3, -0.25) is 0 Å². The van der Waals surface area contributed by atoms with Crippen molar-refractivity contribution in [1.29, 1.82) is 0 Å². The molecule has 2 aromatic rings. The molecular weight excluding hydrogens is 254 g/mol. The van der Waals surface area contributed by atoms with Gasteiger partial charge < -0.3 is 19.8 Å². The van der Waals surface area contributed by atoms with Crippen molar-refractivity contribution in [2.75, 3.05) is 20.3 Å². The zero-order chi connectivity index (χ0) is 14.2. The number of nitrogens with two attached hydrogens (primary N) is 1. The summed E-state index contributed by atoms with van der Waals surface area (Å²) in [4.78, 5) is 4.77. The number of rotatable bonds is 4. The van der Waals surface area contributed by atoms with Crippen LogP contribution in [0, 0.1) is 0 Å². The summed E-state index contributed by atoms with van der Waals surface area (Å²) in [5.41, 5.74) is 8.08. The summed E-state index contributed by atoms with van der Waals surface area (Å²) in [6.45, 7) is 4.32. The lowest BCUT2D eigenvalue weighted by atomic mass is 9.99. The predicted molar refractivity (Wildman–Crippen MR) is 77.9 cm³/mol. The maximum Gasteiger partial charge on any atom is 0.132 e. The zero-order valence-electron chi connectivity index (χ0n) is 12.1. The van der Waals surface area contributed by atoms with Gasteiger partial charge in [0.05, 0.1) is 24.8 Å². The number of benzene rings is 1. The Morgan fingerprint density at radius 2 is 2.35 bits per heavy atom. The summed E-state index contributed by atoms with van der Waals surface area (Å²) < 4.78 is 13.0. The van der Waals surface area contributed by atoms with Crippen LogP contribution in [0.3, 0.4) is 0 Å². The Morgan fingerprint density at radius 3 is 3.00 bits per heavy atom. The standard InChI is InChI=1S/C15H21N3O2/c1-3-7-18-13-5-4-11(19-2)9-12(13)17-14(18)15(16)6-8-20-10-15/h4-5,9H,3,6-8,10,16H2,1-2H3. The van der Waals surface area contributed by atoms with Crippen molar-refractivity contribution in [3.05, 3.63) is 24.0 Å². The number of ether oxygens (including phenoxy) is 2. The second kappa shape index (κ2) is 5.07. The molecule has 5 nitrogen and oxygen atoms in total. The molecule has 0 aliphatic carbocycles.